The van der Waals surface area contributed by atoms with E-state index in [0.717, 1.165) is 11.1 Å². The van der Waals surface area contributed by atoms with Gasteiger partial charge in [0.2, 0.25) is 11.8 Å². The zero-order valence-corrected chi connectivity index (χ0v) is 18.9. The Morgan fingerprint density at radius 1 is 0.906 bits per heavy atom. The first-order valence-corrected chi connectivity index (χ1v) is 10.9. The van der Waals surface area contributed by atoms with Crippen LogP contribution in [0.2, 0.25) is 0 Å². The number of aliphatic carboxylic acids is 1. The minimum Gasteiger partial charge on any atom is -0.480 e. The van der Waals surface area contributed by atoms with Crippen LogP contribution in [0.3, 0.4) is 0 Å². The lowest BCUT2D eigenvalue weighted by molar-refractivity contribution is -0.136. The lowest BCUT2D eigenvalue weighted by Gasteiger charge is -2.24. The first-order chi connectivity index (χ1) is 15.2. The molecule has 0 unspecified atom stereocenters. The molecular formula is C25H33N3O4. The topological polar surface area (TPSA) is 108 Å². The second-order valence-electron chi connectivity index (χ2n) is 8.40. The number of para-hydroxylation sites is 1. The summed E-state index contributed by atoms with van der Waals surface area (Å²) < 4.78 is 0. The molecule has 0 aliphatic rings. The number of carboxylic acid groups (broad SMARTS) is 1. The van der Waals surface area contributed by atoms with E-state index in [1.165, 1.54) is 0 Å². The van der Waals surface area contributed by atoms with Crippen molar-refractivity contribution in [2.45, 2.75) is 52.1 Å². The molecule has 2 atom stereocenters. The Morgan fingerprint density at radius 2 is 1.56 bits per heavy atom. The molecule has 7 nitrogen and oxygen atoms in total. The summed E-state index contributed by atoms with van der Waals surface area (Å²) in [5, 5.41) is 17.5. The fourth-order valence-corrected chi connectivity index (χ4v) is 3.33. The van der Waals surface area contributed by atoms with Gasteiger partial charge in [-0.15, -0.1) is 0 Å². The number of amides is 2. The predicted octanol–water partition coefficient (Wildman–Crippen LogP) is 3.14. The number of aryl methyl sites for hydroxylation is 2. The summed E-state index contributed by atoms with van der Waals surface area (Å²) in [6.45, 7) is 5.62. The van der Waals surface area contributed by atoms with Crippen molar-refractivity contribution in [1.29, 1.82) is 0 Å². The van der Waals surface area contributed by atoms with Gasteiger partial charge < -0.3 is 15.7 Å². The molecular weight excluding hydrogens is 406 g/mol. The first kappa shape index (κ1) is 25.1. The summed E-state index contributed by atoms with van der Waals surface area (Å²) in [7, 11) is 0. The van der Waals surface area contributed by atoms with E-state index in [1.807, 2.05) is 63.2 Å². The van der Waals surface area contributed by atoms with Crippen LogP contribution in [-0.4, -0.2) is 41.5 Å². The summed E-state index contributed by atoms with van der Waals surface area (Å²) in [6, 6.07) is 15.6. The van der Waals surface area contributed by atoms with Crippen molar-refractivity contribution in [2.75, 3.05) is 11.9 Å². The zero-order valence-electron chi connectivity index (χ0n) is 18.9. The van der Waals surface area contributed by atoms with E-state index in [1.54, 1.807) is 12.1 Å². The Kier molecular flexibility index (Phi) is 9.88. The molecule has 0 aliphatic heterocycles. The van der Waals surface area contributed by atoms with E-state index in [4.69, 9.17) is 5.11 Å². The van der Waals surface area contributed by atoms with Crippen molar-refractivity contribution in [2.24, 2.45) is 5.92 Å². The van der Waals surface area contributed by atoms with Crippen molar-refractivity contribution < 1.29 is 19.5 Å². The quantitative estimate of drug-likeness (QED) is 0.406. The summed E-state index contributed by atoms with van der Waals surface area (Å²) >= 11 is 0. The number of carbonyl (C=O) groups excluding carboxylic acids is 2. The van der Waals surface area contributed by atoms with Crippen LogP contribution >= 0.6 is 0 Å². The van der Waals surface area contributed by atoms with Gasteiger partial charge in [-0.25, -0.2) is 0 Å². The number of hydrogen-bond donors (Lipinski definition) is 4. The largest absolute Gasteiger partial charge is 0.480 e. The second-order valence-corrected chi connectivity index (χ2v) is 8.40. The Morgan fingerprint density at radius 3 is 2.16 bits per heavy atom. The van der Waals surface area contributed by atoms with Crippen LogP contribution in [0.25, 0.3) is 0 Å². The first-order valence-electron chi connectivity index (χ1n) is 10.9. The molecule has 0 spiro atoms. The highest BCUT2D eigenvalue weighted by Crippen LogP contribution is 2.12. The van der Waals surface area contributed by atoms with E-state index in [2.05, 4.69) is 16.0 Å². The highest BCUT2D eigenvalue weighted by Gasteiger charge is 2.26. The molecule has 0 fully saturated rings. The van der Waals surface area contributed by atoms with Gasteiger partial charge in [0.05, 0.1) is 12.6 Å². The summed E-state index contributed by atoms with van der Waals surface area (Å²) in [6.07, 6.45) is 1.49. The minimum atomic E-state index is -1.04. The monoisotopic (exact) mass is 439 g/mol. The van der Waals surface area contributed by atoms with Crippen molar-refractivity contribution >= 4 is 23.5 Å². The van der Waals surface area contributed by atoms with Gasteiger partial charge in [-0.2, -0.15) is 0 Å². The second kappa shape index (κ2) is 12.6. The molecule has 0 aliphatic carbocycles. The number of hydrogen-bond acceptors (Lipinski definition) is 4. The minimum absolute atomic E-state index is 0.180. The van der Waals surface area contributed by atoms with E-state index in [0.29, 0.717) is 24.9 Å². The number of benzene rings is 2. The molecule has 7 heteroatoms. The van der Waals surface area contributed by atoms with Crippen LogP contribution in [0.15, 0.2) is 54.6 Å². The maximum atomic E-state index is 13.0. The molecule has 2 rings (SSSR count). The Balaban J connectivity index is 2.07. The molecule has 32 heavy (non-hydrogen) atoms. The van der Waals surface area contributed by atoms with Gasteiger partial charge >= 0.3 is 5.97 Å². The zero-order chi connectivity index (χ0) is 23.5. The Hall–Kier alpha value is -3.19. The lowest BCUT2D eigenvalue weighted by atomic mass is 10.0. The normalized spacial score (nSPS) is 12.8. The van der Waals surface area contributed by atoms with Crippen LogP contribution in [0.5, 0.6) is 0 Å². The van der Waals surface area contributed by atoms with Crippen molar-refractivity contribution in [3.05, 3.63) is 65.7 Å². The SMILES string of the molecule is Cc1ccc(CC[C@H](NCC(=O)O)C(=O)N[C@@H](CC(C)C)C(=O)Nc2ccccc2)cc1. The molecule has 0 radical (unpaired) electrons. The fraction of sp³-hybridized carbons (Fsp3) is 0.400. The van der Waals surface area contributed by atoms with Gasteiger partial charge in [0, 0.05) is 5.69 Å². The van der Waals surface area contributed by atoms with Gasteiger partial charge in [-0.3, -0.25) is 19.7 Å². The molecule has 0 bridgehead atoms. The third kappa shape index (κ3) is 8.89. The average molecular weight is 440 g/mol. The average Bonchev–Trinajstić information content (AvgIpc) is 2.74. The summed E-state index contributed by atoms with van der Waals surface area (Å²) in [5.74, 6) is -1.54. The Labute approximate surface area is 189 Å². The van der Waals surface area contributed by atoms with Crippen LogP contribution in [-0.2, 0) is 20.8 Å². The maximum Gasteiger partial charge on any atom is 0.317 e. The molecule has 0 saturated carbocycles. The maximum absolute atomic E-state index is 13.0. The van der Waals surface area contributed by atoms with Gasteiger partial charge in [0.15, 0.2) is 0 Å². The number of nitrogens with one attached hydrogen (secondary N) is 3. The third-order valence-corrected chi connectivity index (χ3v) is 5.04. The van der Waals surface area contributed by atoms with Crippen LogP contribution in [0.1, 0.15) is 37.8 Å². The molecule has 0 heterocycles. The van der Waals surface area contributed by atoms with Gasteiger partial charge in [0.1, 0.15) is 6.04 Å². The summed E-state index contributed by atoms with van der Waals surface area (Å²) in [4.78, 5) is 36.9. The van der Waals surface area contributed by atoms with E-state index in [9.17, 15) is 14.4 Å². The highest BCUT2D eigenvalue weighted by atomic mass is 16.4. The molecule has 2 aromatic rings. The van der Waals surface area contributed by atoms with Crippen LogP contribution in [0.4, 0.5) is 5.69 Å². The standard InChI is InChI=1S/C25H33N3O4/c1-17(2)15-22(25(32)27-20-7-5-4-6-8-20)28-24(31)21(26-16-23(29)30)14-13-19-11-9-18(3)10-12-19/h4-12,17,21-22,26H,13-16H2,1-3H3,(H,27,32)(H,28,31)(H,29,30)/t21-,22-/m0/s1. The number of carbonyl (C=O) groups is 3. The van der Waals surface area contributed by atoms with Crippen LogP contribution < -0.4 is 16.0 Å². The Bertz CT molecular complexity index is 882. The van der Waals surface area contributed by atoms with E-state index < -0.39 is 18.1 Å². The van der Waals surface area contributed by atoms with Gasteiger partial charge in [0.25, 0.3) is 0 Å². The number of carboxylic acids is 1. The molecule has 172 valence electrons. The highest BCUT2D eigenvalue weighted by molar-refractivity contribution is 5.97. The van der Waals surface area contributed by atoms with Gasteiger partial charge in [-0.1, -0.05) is 61.9 Å². The van der Waals surface area contributed by atoms with E-state index in [-0.39, 0.29) is 24.3 Å². The lowest BCUT2D eigenvalue weighted by Crippen LogP contribution is -2.52. The van der Waals surface area contributed by atoms with Crippen molar-refractivity contribution in [1.82, 2.24) is 10.6 Å². The fourth-order valence-electron chi connectivity index (χ4n) is 3.33. The number of anilines is 1. The third-order valence-electron chi connectivity index (χ3n) is 5.04. The van der Waals surface area contributed by atoms with Crippen LogP contribution in [0, 0.1) is 12.8 Å². The van der Waals surface area contributed by atoms with Gasteiger partial charge in [-0.05, 0) is 49.8 Å². The molecule has 4 N–H and O–H groups in total. The molecule has 0 aromatic heterocycles. The predicted molar refractivity (Wildman–Crippen MR) is 125 cm³/mol. The summed E-state index contributed by atoms with van der Waals surface area (Å²) in [5.41, 5.74) is 2.86. The van der Waals surface area contributed by atoms with E-state index >= 15 is 0 Å². The smallest absolute Gasteiger partial charge is 0.317 e. The van der Waals surface area contributed by atoms with Crippen molar-refractivity contribution in [3.63, 3.8) is 0 Å². The molecule has 2 aromatic carbocycles. The number of rotatable bonds is 12. The molecule has 0 saturated heterocycles. The van der Waals surface area contributed by atoms with Crippen molar-refractivity contribution in [3.8, 4) is 0 Å². The molecule has 2 amide bonds.